The van der Waals surface area contributed by atoms with E-state index in [9.17, 15) is 9.90 Å². The summed E-state index contributed by atoms with van der Waals surface area (Å²) in [5.41, 5.74) is 0.559. The van der Waals surface area contributed by atoms with Crippen molar-refractivity contribution < 1.29 is 9.90 Å². The lowest BCUT2D eigenvalue weighted by molar-refractivity contribution is -0.130. The highest BCUT2D eigenvalue weighted by Crippen LogP contribution is 2.60. The molecule has 0 spiro atoms. The molecule has 2 nitrogen and oxygen atoms in total. The van der Waals surface area contributed by atoms with Crippen LogP contribution >= 0.6 is 0 Å². The van der Waals surface area contributed by atoms with Crippen LogP contribution in [0, 0.1) is 46.3 Å². The number of aliphatic hydroxyl groups is 1. The molecular formula is C22H34O2. The Hall–Kier alpha value is -0.370. The van der Waals surface area contributed by atoms with Crippen molar-refractivity contribution in [3.05, 3.63) is 0 Å². The first-order valence-electron chi connectivity index (χ1n) is 10.7. The summed E-state index contributed by atoms with van der Waals surface area (Å²) in [6, 6.07) is 0. The first-order chi connectivity index (χ1) is 11.6. The average molecular weight is 331 g/mol. The summed E-state index contributed by atoms with van der Waals surface area (Å²) in [6.45, 7) is 0.469. The fourth-order valence-corrected chi connectivity index (χ4v) is 8.81. The lowest BCUT2D eigenvalue weighted by Gasteiger charge is -2.56. The molecule has 8 aliphatic carbocycles. The van der Waals surface area contributed by atoms with E-state index in [1.54, 1.807) is 0 Å². The highest BCUT2D eigenvalue weighted by Gasteiger charge is 2.51. The Morgan fingerprint density at radius 2 is 1.00 bits per heavy atom. The van der Waals surface area contributed by atoms with E-state index >= 15 is 0 Å². The van der Waals surface area contributed by atoms with E-state index < -0.39 is 0 Å². The van der Waals surface area contributed by atoms with Gasteiger partial charge in [-0.25, -0.2) is 0 Å². The molecule has 0 aromatic heterocycles. The molecule has 24 heavy (non-hydrogen) atoms. The van der Waals surface area contributed by atoms with Crippen molar-refractivity contribution in [1.29, 1.82) is 0 Å². The van der Waals surface area contributed by atoms with E-state index in [2.05, 4.69) is 0 Å². The van der Waals surface area contributed by atoms with Gasteiger partial charge in [0.1, 0.15) is 6.29 Å². The van der Waals surface area contributed by atoms with Crippen LogP contribution in [0.2, 0.25) is 0 Å². The average Bonchev–Trinajstić information content (AvgIpc) is 2.53. The van der Waals surface area contributed by atoms with Crippen LogP contribution in [0.15, 0.2) is 0 Å². The molecule has 0 aromatic carbocycles. The van der Waals surface area contributed by atoms with Gasteiger partial charge in [0, 0.05) is 12.0 Å². The van der Waals surface area contributed by atoms with E-state index in [1.807, 2.05) is 0 Å². The zero-order valence-electron chi connectivity index (χ0n) is 15.1. The molecule has 0 radical (unpaired) electrons. The van der Waals surface area contributed by atoms with Gasteiger partial charge < -0.3 is 9.90 Å². The lowest BCUT2D eigenvalue weighted by atomic mass is 9.50. The Balaban J connectivity index is 0.000000109. The molecule has 0 saturated heterocycles. The molecule has 8 saturated carbocycles. The van der Waals surface area contributed by atoms with Crippen LogP contribution in [0.25, 0.3) is 0 Å². The quantitative estimate of drug-likeness (QED) is 0.752. The van der Waals surface area contributed by atoms with Crippen molar-refractivity contribution in [3.63, 3.8) is 0 Å². The Kier molecular flexibility index (Phi) is 3.67. The number of aldehydes is 1. The molecule has 0 aliphatic heterocycles. The number of aliphatic hydroxyl groups excluding tert-OH is 1. The minimum absolute atomic E-state index is 0.161. The SMILES string of the molecule is O=CC12CC3CC(CC(C3)C1)C2.OCC12CC3CC(CC(C3)C1)C2. The fourth-order valence-electron chi connectivity index (χ4n) is 8.81. The van der Waals surface area contributed by atoms with Gasteiger partial charge in [0.25, 0.3) is 0 Å². The van der Waals surface area contributed by atoms with Crippen LogP contribution in [-0.4, -0.2) is 18.0 Å². The number of hydrogen-bond acceptors (Lipinski definition) is 2. The van der Waals surface area contributed by atoms with E-state index in [4.69, 9.17) is 0 Å². The monoisotopic (exact) mass is 330 g/mol. The molecule has 8 aliphatic rings. The minimum Gasteiger partial charge on any atom is -0.396 e. The highest BCUT2D eigenvalue weighted by molar-refractivity contribution is 5.60. The minimum atomic E-state index is 0.161. The van der Waals surface area contributed by atoms with Gasteiger partial charge in [0.15, 0.2) is 0 Å². The van der Waals surface area contributed by atoms with Crippen molar-refractivity contribution in [3.8, 4) is 0 Å². The zero-order chi connectivity index (χ0) is 16.4. The molecule has 134 valence electrons. The zero-order valence-corrected chi connectivity index (χ0v) is 15.1. The largest absolute Gasteiger partial charge is 0.396 e. The van der Waals surface area contributed by atoms with Gasteiger partial charge in [0.05, 0.1) is 0 Å². The Bertz CT molecular complexity index is 438. The second-order valence-electron chi connectivity index (χ2n) is 11.0. The highest BCUT2D eigenvalue weighted by atomic mass is 16.3. The standard InChI is InChI=1S/C11H18O.C11H16O/c2*12-7-11-4-8-1-9(5-11)3-10(2-8)6-11/h8-10,12H,1-7H2;7-10H,1-6H2. The van der Waals surface area contributed by atoms with Gasteiger partial charge in [-0.3, -0.25) is 0 Å². The van der Waals surface area contributed by atoms with E-state index in [0.29, 0.717) is 12.0 Å². The predicted molar refractivity (Wildman–Crippen MR) is 94.4 cm³/mol. The van der Waals surface area contributed by atoms with Crippen molar-refractivity contribution in [2.75, 3.05) is 6.61 Å². The topological polar surface area (TPSA) is 37.3 Å². The Morgan fingerprint density at radius 3 is 1.29 bits per heavy atom. The molecule has 8 rings (SSSR count). The molecule has 0 amide bonds. The smallest absolute Gasteiger partial charge is 0.126 e. The number of carbonyl (C=O) groups excluding carboxylic acids is 1. The summed E-state index contributed by atoms with van der Waals surface area (Å²) < 4.78 is 0. The fraction of sp³-hybridized carbons (Fsp3) is 0.955. The predicted octanol–water partition coefficient (Wildman–Crippen LogP) is 4.60. The Morgan fingerprint density at radius 1 is 0.667 bits per heavy atom. The van der Waals surface area contributed by atoms with Gasteiger partial charge in [-0.15, -0.1) is 0 Å². The van der Waals surface area contributed by atoms with Crippen molar-refractivity contribution >= 4 is 6.29 Å². The third kappa shape index (κ3) is 2.59. The number of rotatable bonds is 2. The molecule has 1 N–H and O–H groups in total. The summed E-state index contributed by atoms with van der Waals surface area (Å²) >= 11 is 0. The summed E-state index contributed by atoms with van der Waals surface area (Å²) in [4.78, 5) is 11.1. The summed E-state index contributed by atoms with van der Waals surface area (Å²) in [5.74, 6) is 5.72. The molecular weight excluding hydrogens is 296 g/mol. The molecule has 2 heteroatoms. The van der Waals surface area contributed by atoms with E-state index in [0.717, 1.165) is 35.5 Å². The number of hydrogen-bond donors (Lipinski definition) is 1. The Labute approximate surface area is 146 Å². The van der Waals surface area contributed by atoms with Gasteiger partial charge in [-0.05, 0) is 118 Å². The molecule has 0 atom stereocenters. The van der Waals surface area contributed by atoms with E-state index in [1.165, 1.54) is 83.3 Å². The van der Waals surface area contributed by atoms with Crippen LogP contribution in [0.3, 0.4) is 0 Å². The molecule has 0 unspecified atom stereocenters. The third-order valence-electron chi connectivity index (χ3n) is 8.84. The molecule has 8 fully saturated rings. The maximum absolute atomic E-state index is 11.1. The van der Waals surface area contributed by atoms with Crippen LogP contribution in [0.5, 0.6) is 0 Å². The first-order valence-corrected chi connectivity index (χ1v) is 10.7. The van der Waals surface area contributed by atoms with Gasteiger partial charge in [-0.1, -0.05) is 0 Å². The normalized spacial score (nSPS) is 56.0. The van der Waals surface area contributed by atoms with E-state index in [-0.39, 0.29) is 5.41 Å². The maximum Gasteiger partial charge on any atom is 0.126 e. The second-order valence-corrected chi connectivity index (χ2v) is 11.0. The van der Waals surface area contributed by atoms with Crippen molar-refractivity contribution in [1.82, 2.24) is 0 Å². The third-order valence-corrected chi connectivity index (χ3v) is 8.84. The summed E-state index contributed by atoms with van der Waals surface area (Å²) in [6.07, 6.45) is 17.8. The second kappa shape index (κ2) is 5.56. The van der Waals surface area contributed by atoms with Crippen LogP contribution < -0.4 is 0 Å². The molecule has 0 aromatic rings. The number of carbonyl (C=O) groups is 1. The van der Waals surface area contributed by atoms with Crippen LogP contribution in [0.4, 0.5) is 0 Å². The van der Waals surface area contributed by atoms with Gasteiger partial charge in [-0.2, -0.15) is 0 Å². The van der Waals surface area contributed by atoms with Crippen molar-refractivity contribution in [2.45, 2.75) is 77.0 Å². The first kappa shape index (κ1) is 15.9. The maximum atomic E-state index is 11.1. The summed E-state index contributed by atoms with van der Waals surface area (Å²) in [5, 5.41) is 9.43. The van der Waals surface area contributed by atoms with Gasteiger partial charge >= 0.3 is 0 Å². The van der Waals surface area contributed by atoms with Crippen LogP contribution in [0.1, 0.15) is 77.0 Å². The summed E-state index contributed by atoms with van der Waals surface area (Å²) in [7, 11) is 0. The molecule has 0 heterocycles. The van der Waals surface area contributed by atoms with Crippen LogP contribution in [-0.2, 0) is 4.79 Å². The van der Waals surface area contributed by atoms with Crippen molar-refractivity contribution in [2.24, 2.45) is 46.3 Å². The van der Waals surface area contributed by atoms with Gasteiger partial charge in [0.2, 0.25) is 0 Å². The molecule has 8 bridgehead atoms. The lowest BCUT2D eigenvalue weighted by Crippen LogP contribution is -2.47.